The largest absolute Gasteiger partial charge is 0.413 e. The number of hydrogen-bond donors (Lipinski definition) is 1. The summed E-state index contributed by atoms with van der Waals surface area (Å²) in [6.45, 7) is 5.37. The van der Waals surface area contributed by atoms with E-state index in [2.05, 4.69) is 20.5 Å². The molecule has 1 fully saturated rings. The van der Waals surface area contributed by atoms with Gasteiger partial charge in [0, 0.05) is 17.3 Å². The fourth-order valence-corrected chi connectivity index (χ4v) is 4.07. The Labute approximate surface area is 183 Å². The Bertz CT molecular complexity index is 1080. The van der Waals surface area contributed by atoms with E-state index >= 15 is 0 Å². The van der Waals surface area contributed by atoms with Gasteiger partial charge in [-0.1, -0.05) is 23.4 Å². The topological polar surface area (TPSA) is 76.2 Å². The van der Waals surface area contributed by atoms with Crippen LogP contribution in [0.4, 0.5) is 13.2 Å². The van der Waals surface area contributed by atoms with Crippen molar-refractivity contribution in [2.24, 2.45) is 0 Å². The van der Waals surface area contributed by atoms with Gasteiger partial charge in [-0.25, -0.2) is 4.68 Å². The average molecular weight is 447 g/mol. The number of aryl methyl sites for hydroxylation is 1. The first-order valence-corrected chi connectivity index (χ1v) is 10.4. The van der Waals surface area contributed by atoms with E-state index in [0.29, 0.717) is 23.7 Å². The van der Waals surface area contributed by atoms with Gasteiger partial charge in [0.25, 0.3) is 5.91 Å². The van der Waals surface area contributed by atoms with Gasteiger partial charge in [-0.05, 0) is 51.9 Å². The Morgan fingerprint density at radius 1 is 1.19 bits per heavy atom. The summed E-state index contributed by atoms with van der Waals surface area (Å²) in [7, 11) is 0. The van der Waals surface area contributed by atoms with E-state index in [1.165, 1.54) is 17.7 Å². The van der Waals surface area contributed by atoms with Crippen LogP contribution in [0.3, 0.4) is 0 Å². The second-order valence-corrected chi connectivity index (χ2v) is 7.94. The number of hydrogen-bond acceptors (Lipinski definition) is 5. The Morgan fingerprint density at radius 2 is 1.88 bits per heavy atom. The molecule has 4 rings (SSSR count). The predicted molar refractivity (Wildman–Crippen MR) is 110 cm³/mol. The minimum absolute atomic E-state index is 0.0875. The number of carbonyl (C=O) groups is 1. The number of amides is 1. The van der Waals surface area contributed by atoms with E-state index in [0.717, 1.165) is 25.9 Å². The van der Waals surface area contributed by atoms with Crippen molar-refractivity contribution in [3.8, 4) is 5.69 Å². The lowest BCUT2D eigenvalue weighted by Gasteiger charge is -2.22. The molecular formula is C22H24F3N5O2. The Kier molecular flexibility index (Phi) is 6.05. The lowest BCUT2D eigenvalue weighted by atomic mass is 10.0. The zero-order valence-electron chi connectivity index (χ0n) is 17.8. The van der Waals surface area contributed by atoms with Crippen LogP contribution < -0.4 is 5.32 Å². The van der Waals surface area contributed by atoms with Crippen molar-refractivity contribution in [1.82, 2.24) is 25.2 Å². The third-order valence-electron chi connectivity index (χ3n) is 5.61. The third-order valence-corrected chi connectivity index (χ3v) is 5.61. The maximum atomic E-state index is 14.0. The molecule has 1 aromatic carbocycles. The van der Waals surface area contributed by atoms with Crippen LogP contribution in [0.5, 0.6) is 0 Å². The molecule has 0 radical (unpaired) electrons. The van der Waals surface area contributed by atoms with Crippen LogP contribution in [0, 0.1) is 13.8 Å². The summed E-state index contributed by atoms with van der Waals surface area (Å²) >= 11 is 0. The Morgan fingerprint density at radius 3 is 2.53 bits per heavy atom. The maximum absolute atomic E-state index is 14.0. The van der Waals surface area contributed by atoms with Gasteiger partial charge < -0.3 is 9.84 Å². The summed E-state index contributed by atoms with van der Waals surface area (Å²) < 4.78 is 48.7. The number of benzene rings is 1. The first-order chi connectivity index (χ1) is 15.2. The van der Waals surface area contributed by atoms with Crippen molar-refractivity contribution >= 4 is 5.91 Å². The van der Waals surface area contributed by atoms with Crippen molar-refractivity contribution < 1.29 is 22.5 Å². The quantitative estimate of drug-likeness (QED) is 0.616. The number of alkyl halides is 3. The zero-order chi connectivity index (χ0) is 22.9. The van der Waals surface area contributed by atoms with E-state index in [1.54, 1.807) is 31.2 Å². The second-order valence-electron chi connectivity index (χ2n) is 7.94. The minimum Gasteiger partial charge on any atom is -0.359 e. The smallest absolute Gasteiger partial charge is 0.359 e. The van der Waals surface area contributed by atoms with E-state index in [1.807, 2.05) is 6.07 Å². The van der Waals surface area contributed by atoms with Crippen molar-refractivity contribution in [3.63, 3.8) is 0 Å². The zero-order valence-corrected chi connectivity index (χ0v) is 17.8. The fraction of sp³-hybridized carbons (Fsp3) is 0.409. The van der Waals surface area contributed by atoms with Crippen LogP contribution in [0.15, 0.2) is 40.9 Å². The van der Waals surface area contributed by atoms with Gasteiger partial charge >= 0.3 is 6.18 Å². The van der Waals surface area contributed by atoms with Gasteiger partial charge in [0.1, 0.15) is 0 Å². The molecular weight excluding hydrogens is 423 g/mol. The van der Waals surface area contributed by atoms with Crippen LogP contribution in [-0.4, -0.2) is 45.0 Å². The monoisotopic (exact) mass is 447 g/mol. The molecule has 2 aromatic heterocycles. The molecule has 1 aliphatic heterocycles. The summed E-state index contributed by atoms with van der Waals surface area (Å²) in [5.74, 6) is -0.500. The molecule has 3 heterocycles. The van der Waals surface area contributed by atoms with Gasteiger partial charge in [-0.3, -0.25) is 9.69 Å². The SMILES string of the molecule is Cc1nn(-c2ccccc2)c(C)c1C(NC(=O)c1cc(CN2CCCC2)on1)C(F)(F)F. The highest BCUT2D eigenvalue weighted by Crippen LogP contribution is 2.36. The van der Waals surface area contributed by atoms with Gasteiger partial charge in [-0.2, -0.15) is 18.3 Å². The van der Waals surface area contributed by atoms with Crippen LogP contribution >= 0.6 is 0 Å². The highest BCUT2D eigenvalue weighted by molar-refractivity contribution is 5.92. The molecule has 0 saturated carbocycles. The number of aromatic nitrogens is 3. The van der Waals surface area contributed by atoms with Crippen molar-refractivity contribution in [2.75, 3.05) is 13.1 Å². The molecule has 1 saturated heterocycles. The van der Waals surface area contributed by atoms with Crippen LogP contribution in [0.2, 0.25) is 0 Å². The number of rotatable bonds is 6. The standard InChI is InChI=1S/C22H24F3N5O2/c1-14-19(15(2)30(27-14)16-8-4-3-5-9-16)20(22(23,24)25)26-21(31)18-12-17(32-28-18)13-29-10-6-7-11-29/h3-5,8-9,12,20H,6-7,10-11,13H2,1-2H3,(H,26,31). The summed E-state index contributed by atoms with van der Waals surface area (Å²) in [6, 6.07) is 8.03. The summed E-state index contributed by atoms with van der Waals surface area (Å²) in [4.78, 5) is 14.8. The lowest BCUT2D eigenvalue weighted by molar-refractivity contribution is -0.155. The Hall–Kier alpha value is -3.14. The number of para-hydroxylation sites is 1. The van der Waals surface area contributed by atoms with Crippen molar-refractivity contribution in [2.45, 2.75) is 45.5 Å². The first kappa shape index (κ1) is 22.1. The van der Waals surface area contributed by atoms with E-state index in [4.69, 9.17) is 4.52 Å². The summed E-state index contributed by atoms with van der Waals surface area (Å²) in [5.41, 5.74) is 0.847. The van der Waals surface area contributed by atoms with Gasteiger partial charge in [0.2, 0.25) is 0 Å². The molecule has 170 valence electrons. The molecule has 10 heteroatoms. The lowest BCUT2D eigenvalue weighted by Crippen LogP contribution is -2.39. The fourth-order valence-electron chi connectivity index (χ4n) is 4.07. The van der Waals surface area contributed by atoms with E-state index < -0.39 is 18.1 Å². The van der Waals surface area contributed by atoms with E-state index in [9.17, 15) is 18.0 Å². The molecule has 0 spiro atoms. The van der Waals surface area contributed by atoms with Gasteiger partial charge in [-0.15, -0.1) is 0 Å². The molecule has 1 amide bonds. The second kappa shape index (κ2) is 8.78. The first-order valence-electron chi connectivity index (χ1n) is 10.4. The van der Waals surface area contributed by atoms with Crippen LogP contribution in [-0.2, 0) is 6.54 Å². The Balaban J connectivity index is 1.58. The minimum atomic E-state index is -4.72. The number of likely N-dealkylation sites (tertiary alicyclic amines) is 1. The van der Waals surface area contributed by atoms with Gasteiger partial charge in [0.05, 0.1) is 17.9 Å². The molecule has 32 heavy (non-hydrogen) atoms. The summed E-state index contributed by atoms with van der Waals surface area (Å²) in [5, 5.41) is 10.1. The number of halogens is 3. The van der Waals surface area contributed by atoms with E-state index in [-0.39, 0.29) is 17.0 Å². The average Bonchev–Trinajstić information content (AvgIpc) is 3.49. The number of nitrogens with one attached hydrogen (secondary N) is 1. The van der Waals surface area contributed by atoms with Gasteiger partial charge in [0.15, 0.2) is 17.5 Å². The highest BCUT2D eigenvalue weighted by Gasteiger charge is 2.45. The number of nitrogens with zero attached hydrogens (tertiary/aromatic N) is 4. The van der Waals surface area contributed by atoms with Crippen LogP contribution in [0.25, 0.3) is 5.69 Å². The normalized spacial score (nSPS) is 15.8. The van der Waals surface area contributed by atoms with Crippen molar-refractivity contribution in [1.29, 1.82) is 0 Å². The molecule has 0 aliphatic carbocycles. The van der Waals surface area contributed by atoms with Crippen molar-refractivity contribution in [3.05, 3.63) is 64.8 Å². The molecule has 1 aliphatic rings. The molecule has 1 N–H and O–H groups in total. The third kappa shape index (κ3) is 4.55. The molecule has 0 bridgehead atoms. The molecule has 3 aromatic rings. The summed E-state index contributed by atoms with van der Waals surface area (Å²) in [6.07, 6.45) is -2.55. The number of carbonyl (C=O) groups excluding carboxylic acids is 1. The molecule has 1 atom stereocenters. The van der Waals surface area contributed by atoms with Crippen LogP contribution in [0.1, 0.15) is 52.1 Å². The maximum Gasteiger partial charge on any atom is 0.413 e. The predicted octanol–water partition coefficient (Wildman–Crippen LogP) is 4.11. The molecule has 7 nitrogen and oxygen atoms in total. The molecule has 1 unspecified atom stereocenters. The highest BCUT2D eigenvalue weighted by atomic mass is 19.4.